The van der Waals surface area contributed by atoms with E-state index >= 15 is 0 Å². The predicted octanol–water partition coefficient (Wildman–Crippen LogP) is 2.88. The summed E-state index contributed by atoms with van der Waals surface area (Å²) in [5.74, 6) is 0. The zero-order valence-corrected chi connectivity index (χ0v) is 11.4. The van der Waals surface area contributed by atoms with E-state index in [9.17, 15) is 4.79 Å². The highest BCUT2D eigenvalue weighted by atomic mass is 32.2. The Morgan fingerprint density at radius 1 is 1.26 bits per heavy atom. The smallest absolute Gasteiger partial charge is 0.238 e. The fourth-order valence-corrected chi connectivity index (χ4v) is 2.67. The standard InChI is InChI=1S/C13H12N4OS/c1-10(12(8-14)9-15)17-19(2,16)13(18)11-6-4-3-5-7-11/h3-7,16H,1-2H3. The zero-order valence-electron chi connectivity index (χ0n) is 10.5. The number of benzene rings is 1. The lowest BCUT2D eigenvalue weighted by molar-refractivity contribution is 0.108. The van der Waals surface area contributed by atoms with Crippen molar-refractivity contribution in [1.29, 1.82) is 15.3 Å². The van der Waals surface area contributed by atoms with Crippen molar-refractivity contribution in [2.24, 2.45) is 4.36 Å². The third kappa shape index (κ3) is 3.51. The topological polar surface area (TPSA) is 101 Å². The highest BCUT2D eigenvalue weighted by molar-refractivity contribution is 8.08. The summed E-state index contributed by atoms with van der Waals surface area (Å²) in [7, 11) is -2.70. The molecule has 5 nitrogen and oxygen atoms in total. The van der Waals surface area contributed by atoms with Crippen molar-refractivity contribution >= 4 is 14.7 Å². The number of nitrogens with zero attached hydrogens (tertiary/aromatic N) is 3. The van der Waals surface area contributed by atoms with Crippen LogP contribution in [0.25, 0.3) is 0 Å². The molecule has 1 unspecified atom stereocenters. The molecule has 0 aliphatic heterocycles. The molecule has 0 saturated heterocycles. The molecule has 0 aromatic heterocycles. The van der Waals surface area contributed by atoms with Crippen LogP contribution in [0.4, 0.5) is 0 Å². The molecular weight excluding hydrogens is 260 g/mol. The van der Waals surface area contributed by atoms with Crippen LogP contribution in [-0.2, 0) is 9.62 Å². The van der Waals surface area contributed by atoms with Gasteiger partial charge in [0, 0.05) is 21.4 Å². The summed E-state index contributed by atoms with van der Waals surface area (Å²) in [4.78, 5) is 12.2. The maximum Gasteiger partial charge on any atom is 0.238 e. The van der Waals surface area contributed by atoms with Crippen molar-refractivity contribution in [2.75, 3.05) is 6.26 Å². The monoisotopic (exact) mass is 272 g/mol. The van der Waals surface area contributed by atoms with Gasteiger partial charge in [-0.2, -0.15) is 10.5 Å². The van der Waals surface area contributed by atoms with Gasteiger partial charge in [0.15, 0.2) is 5.57 Å². The number of carbonyl (C=O) groups is 1. The van der Waals surface area contributed by atoms with E-state index in [1.54, 1.807) is 42.5 Å². The molecule has 0 fully saturated rings. The fraction of sp³-hybridized carbons (Fsp3) is 0.154. The van der Waals surface area contributed by atoms with E-state index in [0.717, 1.165) is 0 Å². The van der Waals surface area contributed by atoms with E-state index in [4.69, 9.17) is 15.3 Å². The van der Waals surface area contributed by atoms with Crippen LogP contribution in [0.3, 0.4) is 0 Å². The summed E-state index contributed by atoms with van der Waals surface area (Å²) in [5, 5.41) is 17.0. The third-order valence-corrected chi connectivity index (χ3v) is 3.87. The van der Waals surface area contributed by atoms with Crippen molar-refractivity contribution < 1.29 is 4.79 Å². The summed E-state index contributed by atoms with van der Waals surface area (Å²) in [6.07, 6.45) is 1.41. The molecular formula is C13H12N4OS. The van der Waals surface area contributed by atoms with E-state index in [2.05, 4.69) is 4.36 Å². The highest BCUT2D eigenvalue weighted by Gasteiger charge is 2.14. The lowest BCUT2D eigenvalue weighted by Gasteiger charge is -2.06. The Bertz CT molecular complexity index is 710. The van der Waals surface area contributed by atoms with E-state index in [-0.39, 0.29) is 11.3 Å². The van der Waals surface area contributed by atoms with E-state index in [1.807, 2.05) is 0 Å². The first-order valence-corrected chi connectivity index (χ1v) is 7.28. The van der Waals surface area contributed by atoms with Gasteiger partial charge in [-0.1, -0.05) is 30.3 Å². The lowest BCUT2D eigenvalue weighted by atomic mass is 10.2. The van der Waals surface area contributed by atoms with E-state index in [1.165, 1.54) is 13.2 Å². The first kappa shape index (κ1) is 14.6. The van der Waals surface area contributed by atoms with Gasteiger partial charge in [-0.05, 0) is 6.92 Å². The summed E-state index contributed by atoms with van der Waals surface area (Å²) in [6.45, 7) is 1.46. The van der Waals surface area contributed by atoms with Crippen LogP contribution in [0.1, 0.15) is 17.3 Å². The van der Waals surface area contributed by atoms with Crippen molar-refractivity contribution in [1.82, 2.24) is 0 Å². The molecule has 19 heavy (non-hydrogen) atoms. The Morgan fingerprint density at radius 3 is 2.26 bits per heavy atom. The number of rotatable bonds is 2. The summed E-state index contributed by atoms with van der Waals surface area (Å²) >= 11 is 0. The van der Waals surface area contributed by atoms with E-state index < -0.39 is 14.7 Å². The molecule has 1 aromatic rings. The molecule has 6 heteroatoms. The molecule has 96 valence electrons. The summed E-state index contributed by atoms with van der Waals surface area (Å²) in [5.41, 5.74) is 0.357. The maximum absolute atomic E-state index is 12.2. The lowest BCUT2D eigenvalue weighted by Crippen LogP contribution is -2.11. The SMILES string of the molecule is CC(N=S(C)(=N)C(=O)c1ccccc1)=C(C#N)C#N. The molecule has 1 aromatic carbocycles. The number of hydrogen-bond donors (Lipinski definition) is 1. The molecule has 0 amide bonds. The Labute approximate surface area is 112 Å². The van der Waals surface area contributed by atoms with Crippen LogP contribution in [0.15, 0.2) is 46.0 Å². The number of allylic oxidation sites excluding steroid dienone is 2. The third-order valence-electron chi connectivity index (χ3n) is 2.28. The molecule has 0 spiro atoms. The Balaban J connectivity index is 3.32. The molecule has 0 radical (unpaired) electrons. The van der Waals surface area contributed by atoms with Gasteiger partial charge in [0.05, 0.1) is 5.70 Å². The van der Waals surface area contributed by atoms with Crippen LogP contribution in [0.2, 0.25) is 0 Å². The van der Waals surface area contributed by atoms with Gasteiger partial charge in [-0.3, -0.25) is 9.57 Å². The van der Waals surface area contributed by atoms with Crippen LogP contribution >= 0.6 is 0 Å². The minimum atomic E-state index is -2.70. The predicted molar refractivity (Wildman–Crippen MR) is 73.1 cm³/mol. The average molecular weight is 272 g/mol. The summed E-state index contributed by atoms with van der Waals surface area (Å²) < 4.78 is 12.0. The van der Waals surface area contributed by atoms with Gasteiger partial charge in [0.25, 0.3) is 0 Å². The molecule has 1 N–H and O–H groups in total. The second-order valence-corrected chi connectivity index (χ2v) is 6.11. The van der Waals surface area contributed by atoms with Gasteiger partial charge in [0.1, 0.15) is 12.1 Å². The second-order valence-electron chi connectivity index (χ2n) is 3.80. The first-order chi connectivity index (χ1) is 8.92. The Kier molecular flexibility index (Phi) is 4.57. The van der Waals surface area contributed by atoms with Crippen molar-refractivity contribution in [3.8, 4) is 12.1 Å². The number of hydrogen-bond acceptors (Lipinski definition) is 5. The van der Waals surface area contributed by atoms with Crippen molar-refractivity contribution in [3.63, 3.8) is 0 Å². The van der Waals surface area contributed by atoms with Crippen LogP contribution in [0.5, 0.6) is 0 Å². The Hall–Kier alpha value is -2.44. The average Bonchev–Trinajstić information content (AvgIpc) is 2.39. The van der Waals surface area contributed by atoms with Crippen molar-refractivity contribution in [2.45, 2.75) is 6.92 Å². The largest absolute Gasteiger partial charge is 0.280 e. The minimum Gasteiger partial charge on any atom is -0.280 e. The van der Waals surface area contributed by atoms with Crippen LogP contribution in [0, 0.1) is 27.4 Å². The number of nitriles is 2. The second kappa shape index (κ2) is 5.94. The minimum absolute atomic E-state index is 0.127. The quantitative estimate of drug-likeness (QED) is 0.837. The molecule has 0 saturated carbocycles. The molecule has 0 aliphatic carbocycles. The maximum atomic E-state index is 12.2. The molecule has 0 heterocycles. The van der Waals surface area contributed by atoms with Crippen LogP contribution < -0.4 is 0 Å². The fourth-order valence-electron chi connectivity index (χ4n) is 1.35. The number of nitrogens with one attached hydrogen (secondary N) is 1. The Morgan fingerprint density at radius 2 is 1.79 bits per heavy atom. The number of carbonyl (C=O) groups excluding carboxylic acids is 1. The van der Waals surface area contributed by atoms with Gasteiger partial charge >= 0.3 is 0 Å². The molecule has 0 aliphatic rings. The summed E-state index contributed by atoms with van der Waals surface area (Å²) in [6, 6.07) is 11.8. The molecule has 1 rings (SSSR count). The van der Waals surface area contributed by atoms with Gasteiger partial charge in [0.2, 0.25) is 5.12 Å². The van der Waals surface area contributed by atoms with Gasteiger partial charge in [-0.15, -0.1) is 0 Å². The van der Waals surface area contributed by atoms with Gasteiger partial charge in [-0.25, -0.2) is 4.36 Å². The zero-order chi connectivity index (χ0) is 14.5. The van der Waals surface area contributed by atoms with Gasteiger partial charge < -0.3 is 0 Å². The van der Waals surface area contributed by atoms with Crippen molar-refractivity contribution in [3.05, 3.63) is 47.2 Å². The first-order valence-electron chi connectivity index (χ1n) is 5.28. The molecule has 1 atom stereocenters. The highest BCUT2D eigenvalue weighted by Crippen LogP contribution is 2.13. The van der Waals surface area contributed by atoms with Crippen LogP contribution in [-0.4, -0.2) is 11.4 Å². The molecule has 0 bridgehead atoms. The van der Waals surface area contributed by atoms with E-state index in [0.29, 0.717) is 5.56 Å². The normalized spacial score (nSPS) is 12.4.